The van der Waals surface area contributed by atoms with Crippen molar-refractivity contribution in [2.75, 3.05) is 5.32 Å². The maximum atomic E-state index is 13.6. The highest BCUT2D eigenvalue weighted by Gasteiger charge is 2.07. The van der Waals surface area contributed by atoms with Crippen molar-refractivity contribution in [3.63, 3.8) is 0 Å². The van der Waals surface area contributed by atoms with Crippen molar-refractivity contribution in [3.8, 4) is 11.3 Å². The summed E-state index contributed by atoms with van der Waals surface area (Å²) in [6.45, 7) is 4.58. The van der Waals surface area contributed by atoms with Crippen LogP contribution in [0.3, 0.4) is 0 Å². The Hall–Kier alpha value is -2.20. The Balaban J connectivity index is 1.72. The molecule has 0 saturated heterocycles. The Bertz CT molecular complexity index is 778. The van der Waals surface area contributed by atoms with Crippen LogP contribution in [0.1, 0.15) is 15.4 Å². The molecule has 2 aromatic carbocycles. The van der Waals surface area contributed by atoms with E-state index < -0.39 is 0 Å². The number of rotatable bonds is 4. The smallest absolute Gasteiger partial charge is 0.128 e. The molecule has 0 aliphatic rings. The highest BCUT2D eigenvalue weighted by atomic mass is 32.1. The molecule has 0 atom stereocenters. The molecule has 0 amide bonds. The van der Waals surface area contributed by atoms with Gasteiger partial charge in [0.15, 0.2) is 0 Å². The summed E-state index contributed by atoms with van der Waals surface area (Å²) in [6, 6.07) is 14.9. The molecule has 1 N–H and O–H groups in total. The zero-order valence-corrected chi connectivity index (χ0v) is 13.4. The highest BCUT2D eigenvalue weighted by Crippen LogP contribution is 2.28. The maximum Gasteiger partial charge on any atom is 0.128 e. The summed E-state index contributed by atoms with van der Waals surface area (Å²) in [7, 11) is 0. The number of anilines is 1. The van der Waals surface area contributed by atoms with Crippen molar-refractivity contribution >= 4 is 17.0 Å². The molecule has 4 heteroatoms. The number of benzene rings is 2. The van der Waals surface area contributed by atoms with Gasteiger partial charge in [-0.05, 0) is 32.0 Å². The number of hydrogen-bond acceptors (Lipinski definition) is 3. The average molecular weight is 312 g/mol. The summed E-state index contributed by atoms with van der Waals surface area (Å²) in [4.78, 5) is 5.79. The molecular weight excluding hydrogens is 295 g/mol. The third-order valence-electron chi connectivity index (χ3n) is 3.50. The first-order chi connectivity index (χ1) is 10.6. The third-order valence-corrected chi connectivity index (χ3v) is 4.39. The first-order valence-electron chi connectivity index (χ1n) is 7.15. The normalized spacial score (nSPS) is 10.7. The molecule has 0 spiro atoms. The zero-order valence-electron chi connectivity index (χ0n) is 12.6. The SMILES string of the molecule is Cc1nc(-c2ccc(NCc3ccccc3F)cc2)c(C)s1. The summed E-state index contributed by atoms with van der Waals surface area (Å²) in [5.41, 5.74) is 3.79. The minimum atomic E-state index is -0.180. The van der Waals surface area contributed by atoms with Gasteiger partial charge < -0.3 is 5.32 Å². The standard InChI is InChI=1S/C18H17FN2S/c1-12-18(21-13(2)22-12)14-7-9-16(10-8-14)20-11-15-5-3-4-6-17(15)19/h3-10,20H,11H2,1-2H3. The second-order valence-electron chi connectivity index (χ2n) is 5.16. The molecule has 2 nitrogen and oxygen atoms in total. The van der Waals surface area contributed by atoms with Crippen LogP contribution in [0.15, 0.2) is 48.5 Å². The van der Waals surface area contributed by atoms with E-state index >= 15 is 0 Å². The van der Waals surface area contributed by atoms with E-state index in [0.717, 1.165) is 22.0 Å². The van der Waals surface area contributed by atoms with Gasteiger partial charge in [0.2, 0.25) is 0 Å². The number of nitrogens with one attached hydrogen (secondary N) is 1. The fourth-order valence-corrected chi connectivity index (χ4v) is 3.22. The van der Waals surface area contributed by atoms with Crippen molar-refractivity contribution in [3.05, 3.63) is 69.8 Å². The van der Waals surface area contributed by atoms with Crippen LogP contribution in [0.5, 0.6) is 0 Å². The molecule has 3 aromatic rings. The number of aromatic nitrogens is 1. The summed E-state index contributed by atoms with van der Waals surface area (Å²) < 4.78 is 13.6. The quantitative estimate of drug-likeness (QED) is 0.718. The van der Waals surface area contributed by atoms with Gasteiger partial charge in [-0.3, -0.25) is 0 Å². The topological polar surface area (TPSA) is 24.9 Å². The minimum Gasteiger partial charge on any atom is -0.381 e. The first kappa shape index (κ1) is 14.7. The Morgan fingerprint density at radius 3 is 2.41 bits per heavy atom. The van der Waals surface area contributed by atoms with Gasteiger partial charge in [-0.15, -0.1) is 11.3 Å². The summed E-state index contributed by atoms with van der Waals surface area (Å²) in [6.07, 6.45) is 0. The summed E-state index contributed by atoms with van der Waals surface area (Å²) >= 11 is 1.71. The third kappa shape index (κ3) is 3.17. The van der Waals surface area contributed by atoms with Crippen LogP contribution in [0.4, 0.5) is 10.1 Å². The number of halogens is 1. The van der Waals surface area contributed by atoms with Gasteiger partial charge in [-0.2, -0.15) is 0 Å². The van der Waals surface area contributed by atoms with Crippen LogP contribution >= 0.6 is 11.3 Å². The highest BCUT2D eigenvalue weighted by molar-refractivity contribution is 7.11. The Morgan fingerprint density at radius 1 is 1.05 bits per heavy atom. The second kappa shape index (κ2) is 6.28. The number of aryl methyl sites for hydroxylation is 2. The Morgan fingerprint density at radius 2 is 1.77 bits per heavy atom. The van der Waals surface area contributed by atoms with Crippen molar-refractivity contribution in [1.82, 2.24) is 4.98 Å². The fourth-order valence-electron chi connectivity index (χ4n) is 2.38. The Labute approximate surface area is 133 Å². The number of hydrogen-bond donors (Lipinski definition) is 1. The number of nitrogens with zero attached hydrogens (tertiary/aromatic N) is 1. The van der Waals surface area contributed by atoms with Gasteiger partial charge in [-0.25, -0.2) is 9.37 Å². The van der Waals surface area contributed by atoms with Gasteiger partial charge >= 0.3 is 0 Å². The molecule has 0 radical (unpaired) electrons. The van der Waals surface area contributed by atoms with Gasteiger partial charge in [0.05, 0.1) is 10.7 Å². The Kier molecular flexibility index (Phi) is 4.20. The second-order valence-corrected chi connectivity index (χ2v) is 6.57. The number of thiazole rings is 1. The van der Waals surface area contributed by atoms with Crippen LogP contribution in [0.2, 0.25) is 0 Å². The maximum absolute atomic E-state index is 13.6. The van der Waals surface area contributed by atoms with E-state index in [9.17, 15) is 4.39 Å². The largest absolute Gasteiger partial charge is 0.381 e. The average Bonchev–Trinajstić information content (AvgIpc) is 2.86. The van der Waals surface area contributed by atoms with E-state index in [0.29, 0.717) is 12.1 Å². The molecule has 0 saturated carbocycles. The van der Waals surface area contributed by atoms with Crippen molar-refractivity contribution in [2.45, 2.75) is 20.4 Å². The molecule has 0 aliphatic carbocycles. The van der Waals surface area contributed by atoms with Gasteiger partial charge in [0.25, 0.3) is 0 Å². The molecule has 112 valence electrons. The molecule has 1 aromatic heterocycles. The van der Waals surface area contributed by atoms with Crippen LogP contribution in [-0.4, -0.2) is 4.98 Å². The molecule has 0 aliphatic heterocycles. The van der Waals surface area contributed by atoms with Crippen molar-refractivity contribution < 1.29 is 4.39 Å². The molecule has 1 heterocycles. The lowest BCUT2D eigenvalue weighted by Gasteiger charge is -2.08. The zero-order chi connectivity index (χ0) is 15.5. The van der Waals surface area contributed by atoms with Crippen molar-refractivity contribution in [1.29, 1.82) is 0 Å². The van der Waals surface area contributed by atoms with E-state index in [-0.39, 0.29) is 5.82 Å². The van der Waals surface area contributed by atoms with Gasteiger partial charge in [-0.1, -0.05) is 30.3 Å². The molecular formula is C18H17FN2S. The van der Waals surface area contributed by atoms with Crippen molar-refractivity contribution in [2.24, 2.45) is 0 Å². The van der Waals surface area contributed by atoms with Gasteiger partial charge in [0, 0.05) is 28.2 Å². The molecule has 0 unspecified atom stereocenters. The molecule has 3 rings (SSSR count). The van der Waals surface area contributed by atoms with E-state index in [1.54, 1.807) is 23.5 Å². The van der Waals surface area contributed by atoms with E-state index in [2.05, 4.69) is 17.2 Å². The predicted octanol–water partition coefficient (Wildman–Crippen LogP) is 5.18. The molecule has 22 heavy (non-hydrogen) atoms. The van der Waals surface area contributed by atoms with Crippen LogP contribution < -0.4 is 5.32 Å². The van der Waals surface area contributed by atoms with Gasteiger partial charge in [0.1, 0.15) is 5.82 Å². The summed E-state index contributed by atoms with van der Waals surface area (Å²) in [5.74, 6) is -0.180. The van der Waals surface area contributed by atoms with E-state index in [1.807, 2.05) is 37.3 Å². The summed E-state index contributed by atoms with van der Waals surface area (Å²) in [5, 5.41) is 4.32. The van der Waals surface area contributed by atoms with Crippen LogP contribution in [0.25, 0.3) is 11.3 Å². The van der Waals surface area contributed by atoms with E-state index in [1.165, 1.54) is 10.9 Å². The lowest BCUT2D eigenvalue weighted by molar-refractivity contribution is 0.613. The minimum absolute atomic E-state index is 0.180. The van der Waals surface area contributed by atoms with E-state index in [4.69, 9.17) is 0 Å². The molecule has 0 bridgehead atoms. The monoisotopic (exact) mass is 312 g/mol. The lowest BCUT2D eigenvalue weighted by Crippen LogP contribution is -2.01. The fraction of sp³-hybridized carbons (Fsp3) is 0.167. The first-order valence-corrected chi connectivity index (χ1v) is 7.97. The predicted molar refractivity (Wildman–Crippen MR) is 90.8 cm³/mol. The molecule has 0 fully saturated rings. The van der Waals surface area contributed by atoms with Crippen LogP contribution in [-0.2, 0) is 6.54 Å². The lowest BCUT2D eigenvalue weighted by atomic mass is 10.1. The van der Waals surface area contributed by atoms with Crippen LogP contribution in [0, 0.1) is 19.7 Å².